The maximum Gasteiger partial charge on any atom is 0.516 e. The molecule has 1 aromatic carbocycles. The van der Waals surface area contributed by atoms with Gasteiger partial charge in [0.2, 0.25) is 0 Å². The molecule has 0 unspecified atom stereocenters. The van der Waals surface area contributed by atoms with Crippen molar-refractivity contribution < 1.29 is 21.6 Å². The number of nitrogens with one attached hydrogen (secondary N) is 1. The molecule has 9 heteroatoms. The Bertz CT molecular complexity index is 645. The topological polar surface area (TPSA) is 49.4 Å². The number of halogens is 3. The van der Waals surface area contributed by atoms with E-state index >= 15 is 0 Å². The van der Waals surface area contributed by atoms with Crippen molar-refractivity contribution in [2.45, 2.75) is 30.6 Å². The Morgan fingerprint density at radius 1 is 1.32 bits per heavy atom. The van der Waals surface area contributed by atoms with E-state index in [1.165, 1.54) is 12.1 Å². The molecule has 0 bridgehead atoms. The Hall–Kier alpha value is -0.930. The van der Waals surface area contributed by atoms with E-state index in [4.69, 9.17) is 0 Å². The Balaban J connectivity index is 2.18. The third-order valence-electron chi connectivity index (χ3n) is 3.20. The molecule has 0 saturated carbocycles. The fourth-order valence-electron chi connectivity index (χ4n) is 2.20. The Morgan fingerprint density at radius 3 is 2.50 bits per heavy atom. The molecular weight excluding hydrogens is 337 g/mol. The maximum absolute atomic E-state index is 12.5. The lowest BCUT2D eigenvalue weighted by molar-refractivity contribution is -0.0429. The first-order chi connectivity index (χ1) is 10.0. The molecule has 1 saturated heterocycles. The predicted octanol–water partition coefficient (Wildman–Crippen LogP) is 3.23. The monoisotopic (exact) mass is 354 g/mol. The molecule has 1 fully saturated rings. The molecule has 0 aromatic heterocycles. The van der Waals surface area contributed by atoms with Crippen LogP contribution in [0.25, 0.3) is 0 Å². The van der Waals surface area contributed by atoms with Crippen LogP contribution in [0, 0.1) is 0 Å². The summed E-state index contributed by atoms with van der Waals surface area (Å²) < 4.78 is 61.7. The van der Waals surface area contributed by atoms with Crippen molar-refractivity contribution in [3.63, 3.8) is 0 Å². The minimum Gasteiger partial charge on any atom is -0.288 e. The van der Waals surface area contributed by atoms with Gasteiger partial charge >= 0.3 is 15.5 Å². The fraction of sp³-hybridized carbons (Fsp3) is 0.538. The van der Waals surface area contributed by atoms with Crippen molar-refractivity contribution in [1.82, 2.24) is 4.90 Å². The molecule has 1 N–H and O–H groups in total. The molecule has 0 amide bonds. The molecule has 4 nitrogen and oxygen atoms in total. The number of sulfonamides is 1. The number of hydrogen-bond donors (Lipinski definition) is 1. The predicted molar refractivity (Wildman–Crippen MR) is 82.0 cm³/mol. The standard InChI is InChI=1S/C13H17F3N2O2S2/c1-12(2)8-18(9-21-12)7-10-5-3-4-6-11(10)17-22(19,20)13(14,15)16/h3-6,17H,7-9H2,1-2H3. The lowest BCUT2D eigenvalue weighted by atomic mass is 10.1. The van der Waals surface area contributed by atoms with Gasteiger partial charge in [-0.3, -0.25) is 9.62 Å². The van der Waals surface area contributed by atoms with Gasteiger partial charge < -0.3 is 0 Å². The van der Waals surface area contributed by atoms with Crippen LogP contribution in [0.5, 0.6) is 0 Å². The van der Waals surface area contributed by atoms with Crippen molar-refractivity contribution >= 4 is 27.5 Å². The van der Waals surface area contributed by atoms with Crippen molar-refractivity contribution in [3.05, 3.63) is 29.8 Å². The summed E-state index contributed by atoms with van der Waals surface area (Å²) in [5, 5.41) is 0. The van der Waals surface area contributed by atoms with Crippen LogP contribution in [0.15, 0.2) is 24.3 Å². The third kappa shape index (κ3) is 4.08. The molecule has 0 atom stereocenters. The van der Waals surface area contributed by atoms with Crippen LogP contribution < -0.4 is 4.72 Å². The lowest BCUT2D eigenvalue weighted by Gasteiger charge is -2.20. The zero-order valence-electron chi connectivity index (χ0n) is 12.1. The second-order valence-corrected chi connectivity index (χ2v) is 9.05. The van der Waals surface area contributed by atoms with E-state index in [1.54, 1.807) is 28.6 Å². The molecule has 0 aliphatic carbocycles. The first-order valence-electron chi connectivity index (χ1n) is 6.53. The number of thioether (sulfide) groups is 1. The number of rotatable bonds is 4. The molecule has 124 valence electrons. The van der Waals surface area contributed by atoms with Crippen LogP contribution >= 0.6 is 11.8 Å². The minimum atomic E-state index is -5.40. The average Bonchev–Trinajstić information content (AvgIpc) is 2.69. The molecule has 0 spiro atoms. The number of nitrogens with zero attached hydrogens (tertiary/aromatic N) is 1. The zero-order valence-corrected chi connectivity index (χ0v) is 13.8. The maximum atomic E-state index is 12.5. The van der Waals surface area contributed by atoms with Crippen LogP contribution in [-0.2, 0) is 16.6 Å². The SMILES string of the molecule is CC1(C)CN(Cc2ccccc2NS(=O)(=O)C(F)(F)F)CS1. The van der Waals surface area contributed by atoms with Crippen LogP contribution in [0.2, 0.25) is 0 Å². The van der Waals surface area contributed by atoms with Crippen LogP contribution in [0.1, 0.15) is 19.4 Å². The number of hydrogen-bond acceptors (Lipinski definition) is 4. The summed E-state index contributed by atoms with van der Waals surface area (Å²) >= 11 is 1.76. The molecule has 1 aromatic rings. The zero-order chi connectivity index (χ0) is 16.6. The van der Waals surface area contributed by atoms with Crippen molar-refractivity contribution in [3.8, 4) is 0 Å². The van der Waals surface area contributed by atoms with E-state index in [0.717, 1.165) is 12.4 Å². The fourth-order valence-corrected chi connectivity index (χ4v) is 3.79. The molecule has 1 heterocycles. The van der Waals surface area contributed by atoms with E-state index in [1.807, 2.05) is 0 Å². The van der Waals surface area contributed by atoms with E-state index in [9.17, 15) is 21.6 Å². The Morgan fingerprint density at radius 2 is 1.95 bits per heavy atom. The van der Waals surface area contributed by atoms with Crippen LogP contribution in [0.4, 0.5) is 18.9 Å². The highest BCUT2D eigenvalue weighted by Gasteiger charge is 2.46. The first-order valence-corrected chi connectivity index (χ1v) is 9.00. The average molecular weight is 354 g/mol. The normalized spacial score (nSPS) is 19.3. The quantitative estimate of drug-likeness (QED) is 0.902. The second kappa shape index (κ2) is 5.93. The summed E-state index contributed by atoms with van der Waals surface area (Å²) in [4.78, 5) is 2.07. The number of alkyl halides is 3. The van der Waals surface area contributed by atoms with E-state index in [2.05, 4.69) is 18.7 Å². The molecule has 0 radical (unpaired) electrons. The van der Waals surface area contributed by atoms with Gasteiger partial charge in [0.05, 0.1) is 5.69 Å². The molecule has 22 heavy (non-hydrogen) atoms. The lowest BCUT2D eigenvalue weighted by Crippen LogP contribution is -2.31. The van der Waals surface area contributed by atoms with Gasteiger partial charge in [-0.05, 0) is 25.5 Å². The van der Waals surface area contributed by atoms with Gasteiger partial charge in [-0.25, -0.2) is 0 Å². The summed E-state index contributed by atoms with van der Waals surface area (Å²) in [5.41, 5.74) is -4.84. The number of benzene rings is 1. The Labute approximate surface area is 132 Å². The highest BCUT2D eigenvalue weighted by molar-refractivity contribution is 8.00. The van der Waals surface area contributed by atoms with E-state index < -0.39 is 15.5 Å². The van der Waals surface area contributed by atoms with Crippen LogP contribution in [0.3, 0.4) is 0 Å². The van der Waals surface area contributed by atoms with E-state index in [-0.39, 0.29) is 10.4 Å². The summed E-state index contributed by atoms with van der Waals surface area (Å²) in [6.07, 6.45) is 0. The molecule has 1 aliphatic heterocycles. The summed E-state index contributed by atoms with van der Waals surface area (Å²) in [7, 11) is -5.40. The molecule has 1 aliphatic rings. The third-order valence-corrected chi connectivity index (χ3v) is 5.71. The first kappa shape index (κ1) is 17.4. The van der Waals surface area contributed by atoms with Crippen molar-refractivity contribution in [1.29, 1.82) is 0 Å². The smallest absolute Gasteiger partial charge is 0.288 e. The van der Waals surface area contributed by atoms with Gasteiger partial charge in [0, 0.05) is 23.7 Å². The Kier molecular flexibility index (Phi) is 4.70. The van der Waals surface area contributed by atoms with Crippen molar-refractivity contribution in [2.75, 3.05) is 17.1 Å². The van der Waals surface area contributed by atoms with Gasteiger partial charge in [-0.15, -0.1) is 11.8 Å². The van der Waals surface area contributed by atoms with E-state index in [0.29, 0.717) is 12.1 Å². The van der Waals surface area contributed by atoms with Crippen molar-refractivity contribution in [2.24, 2.45) is 0 Å². The number of anilines is 1. The summed E-state index contributed by atoms with van der Waals surface area (Å²) in [6, 6.07) is 6.15. The minimum absolute atomic E-state index is 0.0328. The molecule has 2 rings (SSSR count). The summed E-state index contributed by atoms with van der Waals surface area (Å²) in [5.74, 6) is 0.757. The highest BCUT2D eigenvalue weighted by atomic mass is 32.2. The molecular formula is C13H17F3N2O2S2. The van der Waals surface area contributed by atoms with Gasteiger partial charge in [0.25, 0.3) is 0 Å². The highest BCUT2D eigenvalue weighted by Crippen LogP contribution is 2.35. The second-order valence-electron chi connectivity index (χ2n) is 5.73. The van der Waals surface area contributed by atoms with Gasteiger partial charge in [-0.1, -0.05) is 18.2 Å². The number of para-hydroxylation sites is 1. The van der Waals surface area contributed by atoms with Crippen LogP contribution in [-0.4, -0.2) is 36.0 Å². The van der Waals surface area contributed by atoms with Gasteiger partial charge in [-0.2, -0.15) is 21.6 Å². The summed E-state index contributed by atoms with van der Waals surface area (Å²) in [6.45, 7) is 5.37. The van der Waals surface area contributed by atoms with Gasteiger partial charge in [0.15, 0.2) is 0 Å². The largest absolute Gasteiger partial charge is 0.516 e. The van der Waals surface area contributed by atoms with Gasteiger partial charge in [0.1, 0.15) is 0 Å².